The molecule has 1 unspecified atom stereocenters. The van der Waals surface area contributed by atoms with E-state index in [1.807, 2.05) is 12.1 Å². The number of imidazole rings is 1. The van der Waals surface area contributed by atoms with Crippen LogP contribution in [0.15, 0.2) is 42.7 Å². The lowest BCUT2D eigenvalue weighted by molar-refractivity contribution is -0.137. The van der Waals surface area contributed by atoms with E-state index in [0.29, 0.717) is 47.3 Å². The Kier molecular flexibility index (Phi) is 5.56. The molecular weight excluding hydrogens is 451 g/mol. The van der Waals surface area contributed by atoms with Gasteiger partial charge in [0.2, 0.25) is 5.78 Å². The molecule has 0 bridgehead atoms. The molecule has 3 N–H and O–H groups in total. The van der Waals surface area contributed by atoms with Crippen LogP contribution in [0.5, 0.6) is 11.5 Å². The molecule has 0 amide bonds. The van der Waals surface area contributed by atoms with Crippen LogP contribution in [0, 0.1) is 0 Å². The van der Waals surface area contributed by atoms with E-state index in [1.54, 1.807) is 23.9 Å². The Bertz CT molecular complexity index is 1350. The largest absolute Gasteiger partial charge is 0.493 e. The molecule has 2 aromatic heterocycles. The minimum Gasteiger partial charge on any atom is -0.493 e. The first-order chi connectivity index (χ1) is 16.3. The third kappa shape index (κ3) is 4.26. The number of nitrogens with zero attached hydrogens (tertiary/aromatic N) is 3. The smallest absolute Gasteiger partial charge is 0.416 e. The molecule has 34 heavy (non-hydrogen) atoms. The SMILES string of the molecule is COc1cc2c(cc1OC1CCOC1)c(NCc1cc(N)cc(C(F)(F)F)c1)nc1nccn12. The predicted octanol–water partition coefficient (Wildman–Crippen LogP) is 4.27. The first-order valence-corrected chi connectivity index (χ1v) is 10.6. The highest BCUT2D eigenvalue weighted by Gasteiger charge is 2.31. The van der Waals surface area contributed by atoms with Gasteiger partial charge in [0.15, 0.2) is 11.5 Å². The summed E-state index contributed by atoms with van der Waals surface area (Å²) in [6.45, 7) is 1.19. The minimum atomic E-state index is -4.49. The molecule has 1 aliphatic rings. The third-order valence-electron chi connectivity index (χ3n) is 5.61. The van der Waals surface area contributed by atoms with Gasteiger partial charge in [-0.25, -0.2) is 4.98 Å². The molecule has 178 valence electrons. The van der Waals surface area contributed by atoms with Crippen molar-refractivity contribution in [3.05, 3.63) is 53.9 Å². The zero-order chi connectivity index (χ0) is 23.9. The maximum Gasteiger partial charge on any atom is 0.416 e. The van der Waals surface area contributed by atoms with Crippen LogP contribution < -0.4 is 20.5 Å². The summed E-state index contributed by atoms with van der Waals surface area (Å²) in [6.07, 6.45) is -0.433. The van der Waals surface area contributed by atoms with E-state index in [9.17, 15) is 13.2 Å². The fourth-order valence-corrected chi connectivity index (χ4v) is 4.01. The first kappa shape index (κ1) is 22.1. The lowest BCUT2D eigenvalue weighted by Crippen LogP contribution is -2.16. The molecular formula is C23H22F3N5O3. The highest BCUT2D eigenvalue weighted by atomic mass is 19.4. The summed E-state index contributed by atoms with van der Waals surface area (Å²) in [5.41, 5.74) is 6.07. The van der Waals surface area contributed by atoms with E-state index in [4.69, 9.17) is 19.9 Å². The van der Waals surface area contributed by atoms with Crippen LogP contribution in [0.4, 0.5) is 24.7 Å². The van der Waals surface area contributed by atoms with Crippen molar-refractivity contribution < 1.29 is 27.4 Å². The molecule has 1 saturated heterocycles. The molecule has 8 nitrogen and oxygen atoms in total. The van der Waals surface area contributed by atoms with Gasteiger partial charge in [-0.3, -0.25) is 4.40 Å². The highest BCUT2D eigenvalue weighted by molar-refractivity contribution is 5.93. The van der Waals surface area contributed by atoms with Crippen LogP contribution in [-0.4, -0.2) is 40.8 Å². The number of halogens is 3. The number of methoxy groups -OCH3 is 1. The number of aromatic nitrogens is 3. The number of nitrogen functional groups attached to an aromatic ring is 1. The van der Waals surface area contributed by atoms with E-state index in [-0.39, 0.29) is 18.3 Å². The van der Waals surface area contributed by atoms with Crippen LogP contribution in [-0.2, 0) is 17.5 Å². The second kappa shape index (κ2) is 8.56. The van der Waals surface area contributed by atoms with Gasteiger partial charge >= 0.3 is 6.18 Å². The Morgan fingerprint density at radius 3 is 2.79 bits per heavy atom. The standard InChI is InChI=1S/C23H22F3N5O3/c1-32-19-10-18-17(9-20(19)34-16-2-5-33-12-16)21(30-22-28-3-4-31(18)22)29-11-13-6-14(23(24,25)26)8-15(27)7-13/h3-4,6-10,16H,2,5,11-12,27H2,1H3,(H,28,29,30). The zero-order valence-electron chi connectivity index (χ0n) is 18.2. The molecule has 4 aromatic rings. The molecule has 0 spiro atoms. The second-order valence-electron chi connectivity index (χ2n) is 8.00. The number of nitrogens with two attached hydrogens (primary N) is 1. The number of benzene rings is 2. The molecule has 2 aromatic carbocycles. The molecule has 0 aliphatic carbocycles. The van der Waals surface area contributed by atoms with Crippen molar-refractivity contribution in [3.8, 4) is 11.5 Å². The fourth-order valence-electron chi connectivity index (χ4n) is 4.01. The number of rotatable bonds is 6. The molecule has 1 aliphatic heterocycles. The Morgan fingerprint density at radius 2 is 2.06 bits per heavy atom. The number of hydrogen-bond donors (Lipinski definition) is 2. The maximum atomic E-state index is 13.2. The predicted molar refractivity (Wildman–Crippen MR) is 120 cm³/mol. The van der Waals surface area contributed by atoms with E-state index in [2.05, 4.69) is 15.3 Å². The van der Waals surface area contributed by atoms with Crippen LogP contribution in [0.2, 0.25) is 0 Å². The van der Waals surface area contributed by atoms with Crippen LogP contribution in [0.1, 0.15) is 17.5 Å². The average molecular weight is 473 g/mol. The van der Waals surface area contributed by atoms with Crippen molar-refractivity contribution in [2.45, 2.75) is 25.2 Å². The van der Waals surface area contributed by atoms with Crippen molar-refractivity contribution in [2.24, 2.45) is 0 Å². The molecule has 11 heteroatoms. The second-order valence-corrected chi connectivity index (χ2v) is 8.00. The van der Waals surface area contributed by atoms with Gasteiger partial charge in [-0.2, -0.15) is 18.2 Å². The summed E-state index contributed by atoms with van der Waals surface area (Å²) in [5.74, 6) is 1.94. The molecule has 0 saturated carbocycles. The average Bonchev–Trinajstić information content (AvgIpc) is 3.48. The van der Waals surface area contributed by atoms with Gasteiger partial charge in [-0.05, 0) is 29.8 Å². The number of alkyl halides is 3. The fraction of sp³-hybridized carbons (Fsp3) is 0.304. The van der Waals surface area contributed by atoms with Crippen LogP contribution >= 0.6 is 0 Å². The normalized spacial score (nSPS) is 16.3. The van der Waals surface area contributed by atoms with Gasteiger partial charge in [-0.15, -0.1) is 0 Å². The van der Waals surface area contributed by atoms with Crippen molar-refractivity contribution in [3.63, 3.8) is 0 Å². The van der Waals surface area contributed by atoms with Crippen molar-refractivity contribution in [1.82, 2.24) is 14.4 Å². The summed E-state index contributed by atoms with van der Waals surface area (Å²) in [6, 6.07) is 7.11. The van der Waals surface area contributed by atoms with Gasteiger partial charge in [0.25, 0.3) is 0 Å². The third-order valence-corrected chi connectivity index (χ3v) is 5.61. The Labute approximate surface area is 192 Å². The van der Waals surface area contributed by atoms with Crippen LogP contribution in [0.3, 0.4) is 0 Å². The van der Waals surface area contributed by atoms with Crippen LogP contribution in [0.25, 0.3) is 16.7 Å². The lowest BCUT2D eigenvalue weighted by atomic mass is 10.1. The number of hydrogen-bond acceptors (Lipinski definition) is 7. The lowest BCUT2D eigenvalue weighted by Gasteiger charge is -2.18. The van der Waals surface area contributed by atoms with Crippen molar-refractivity contribution in [2.75, 3.05) is 31.4 Å². The topological polar surface area (TPSA) is 95.9 Å². The Hall–Kier alpha value is -3.73. The molecule has 1 atom stereocenters. The van der Waals surface area contributed by atoms with E-state index >= 15 is 0 Å². The Morgan fingerprint density at radius 1 is 1.21 bits per heavy atom. The number of anilines is 2. The number of fused-ring (bicyclic) bond motifs is 3. The summed E-state index contributed by atoms with van der Waals surface area (Å²) in [7, 11) is 1.56. The van der Waals surface area contributed by atoms with Crippen molar-refractivity contribution in [1.29, 1.82) is 0 Å². The monoisotopic (exact) mass is 473 g/mol. The summed E-state index contributed by atoms with van der Waals surface area (Å²) in [5, 5.41) is 3.84. The molecule has 1 fully saturated rings. The number of ether oxygens (including phenoxy) is 3. The van der Waals surface area contributed by atoms with E-state index in [0.717, 1.165) is 24.1 Å². The van der Waals surface area contributed by atoms with Gasteiger partial charge in [0, 0.05) is 42.5 Å². The molecule has 3 heterocycles. The van der Waals surface area contributed by atoms with E-state index in [1.165, 1.54) is 6.07 Å². The molecule has 5 rings (SSSR count). The summed E-state index contributed by atoms with van der Waals surface area (Å²) >= 11 is 0. The minimum absolute atomic E-state index is 0.0346. The quantitative estimate of drug-likeness (QED) is 0.404. The van der Waals surface area contributed by atoms with Crippen molar-refractivity contribution >= 4 is 28.2 Å². The van der Waals surface area contributed by atoms with Gasteiger partial charge < -0.3 is 25.3 Å². The van der Waals surface area contributed by atoms with Gasteiger partial charge in [-0.1, -0.05) is 0 Å². The highest BCUT2D eigenvalue weighted by Crippen LogP contribution is 2.37. The van der Waals surface area contributed by atoms with E-state index < -0.39 is 11.7 Å². The summed E-state index contributed by atoms with van der Waals surface area (Å²) in [4.78, 5) is 8.83. The Balaban J connectivity index is 1.55. The number of nitrogens with one attached hydrogen (secondary N) is 1. The first-order valence-electron chi connectivity index (χ1n) is 10.6. The zero-order valence-corrected chi connectivity index (χ0v) is 18.2. The maximum absolute atomic E-state index is 13.2. The molecule has 0 radical (unpaired) electrons. The van der Waals surface area contributed by atoms with Gasteiger partial charge in [0.05, 0.1) is 31.4 Å². The summed E-state index contributed by atoms with van der Waals surface area (Å²) < 4.78 is 58.5. The van der Waals surface area contributed by atoms with Gasteiger partial charge in [0.1, 0.15) is 11.9 Å².